The molecule has 9 heteroatoms. The van der Waals surface area contributed by atoms with Crippen LogP contribution in [0.5, 0.6) is 0 Å². The number of rotatable bonds is 3. The predicted molar refractivity (Wildman–Crippen MR) is 109 cm³/mol. The molecule has 0 N–H and O–H groups in total. The summed E-state index contributed by atoms with van der Waals surface area (Å²) in [5, 5.41) is 4.26. The van der Waals surface area contributed by atoms with E-state index in [0.29, 0.717) is 37.6 Å². The number of para-hydroxylation sites is 1. The number of nitrogens with zero attached hydrogens (tertiary/aromatic N) is 4. The summed E-state index contributed by atoms with van der Waals surface area (Å²) in [4.78, 5) is 28.6. The van der Waals surface area contributed by atoms with E-state index in [-0.39, 0.29) is 10.6 Å². The number of benzene rings is 2. The Hall–Kier alpha value is -3.26. The van der Waals surface area contributed by atoms with Crippen molar-refractivity contribution in [2.75, 3.05) is 31.1 Å². The number of anilines is 1. The molecule has 1 aliphatic heterocycles. The van der Waals surface area contributed by atoms with Gasteiger partial charge in [-0.25, -0.2) is 8.78 Å². The van der Waals surface area contributed by atoms with Crippen LogP contribution in [0.2, 0.25) is 5.02 Å². The lowest BCUT2D eigenvalue weighted by Gasteiger charge is -2.36. The number of piperazine rings is 1. The third-order valence-electron chi connectivity index (χ3n) is 4.92. The normalized spacial score (nSPS) is 14.1. The maximum atomic E-state index is 13.4. The fourth-order valence-electron chi connectivity index (χ4n) is 3.41. The van der Waals surface area contributed by atoms with Crippen molar-refractivity contribution >= 4 is 23.2 Å². The molecule has 2 aromatic carbocycles. The molecule has 6 nitrogen and oxygen atoms in total. The molecular formula is C21H17ClF2N4O2. The summed E-state index contributed by atoms with van der Waals surface area (Å²) in [6.45, 7) is 1.43. The van der Waals surface area contributed by atoms with Crippen molar-refractivity contribution in [2.24, 2.45) is 0 Å². The summed E-state index contributed by atoms with van der Waals surface area (Å²) < 4.78 is 28.0. The lowest BCUT2D eigenvalue weighted by Crippen LogP contribution is -2.49. The minimum absolute atomic E-state index is 0.0360. The van der Waals surface area contributed by atoms with Crippen LogP contribution < -0.4 is 10.5 Å². The zero-order valence-electron chi connectivity index (χ0n) is 15.8. The van der Waals surface area contributed by atoms with Gasteiger partial charge in [-0.2, -0.15) is 9.78 Å². The number of carbonyl (C=O) groups excluding carboxylic acids is 1. The van der Waals surface area contributed by atoms with E-state index < -0.39 is 23.1 Å². The van der Waals surface area contributed by atoms with E-state index >= 15 is 0 Å². The highest BCUT2D eigenvalue weighted by Gasteiger charge is 2.25. The lowest BCUT2D eigenvalue weighted by atomic mass is 10.1. The maximum Gasteiger partial charge on any atom is 0.292 e. The summed E-state index contributed by atoms with van der Waals surface area (Å²) in [6, 6.07) is 11.7. The molecule has 1 aliphatic rings. The van der Waals surface area contributed by atoms with Crippen molar-refractivity contribution in [3.05, 3.63) is 87.3 Å². The maximum absolute atomic E-state index is 13.4. The molecule has 0 spiro atoms. The van der Waals surface area contributed by atoms with Crippen LogP contribution in [0.1, 0.15) is 10.4 Å². The van der Waals surface area contributed by atoms with Crippen LogP contribution in [-0.2, 0) is 0 Å². The van der Waals surface area contributed by atoms with Gasteiger partial charge in [0.2, 0.25) is 0 Å². The lowest BCUT2D eigenvalue weighted by molar-refractivity contribution is 0.0745. The number of aromatic nitrogens is 2. The largest absolute Gasteiger partial charge is 0.365 e. The molecule has 0 atom stereocenters. The smallest absolute Gasteiger partial charge is 0.292 e. The molecule has 3 aromatic rings. The first-order chi connectivity index (χ1) is 14.4. The van der Waals surface area contributed by atoms with E-state index in [4.69, 9.17) is 11.6 Å². The minimum Gasteiger partial charge on any atom is -0.365 e. The van der Waals surface area contributed by atoms with E-state index in [2.05, 4.69) is 5.10 Å². The van der Waals surface area contributed by atoms with Gasteiger partial charge in [0.1, 0.15) is 16.7 Å². The van der Waals surface area contributed by atoms with Crippen molar-refractivity contribution in [3.8, 4) is 5.69 Å². The van der Waals surface area contributed by atoms with Crippen molar-refractivity contribution < 1.29 is 13.6 Å². The van der Waals surface area contributed by atoms with Gasteiger partial charge in [0.15, 0.2) is 0 Å². The topological polar surface area (TPSA) is 58.4 Å². The van der Waals surface area contributed by atoms with Gasteiger partial charge in [0.25, 0.3) is 11.5 Å². The third kappa shape index (κ3) is 3.91. The van der Waals surface area contributed by atoms with Crippen LogP contribution >= 0.6 is 11.6 Å². The Kier molecular flexibility index (Phi) is 5.50. The Labute approximate surface area is 175 Å². The van der Waals surface area contributed by atoms with Crippen LogP contribution in [0, 0.1) is 11.6 Å². The van der Waals surface area contributed by atoms with Gasteiger partial charge in [-0.05, 0) is 24.3 Å². The van der Waals surface area contributed by atoms with Gasteiger partial charge < -0.3 is 9.80 Å². The first-order valence-corrected chi connectivity index (χ1v) is 9.65. The van der Waals surface area contributed by atoms with Crippen molar-refractivity contribution in [2.45, 2.75) is 0 Å². The van der Waals surface area contributed by atoms with Crippen molar-refractivity contribution in [3.63, 3.8) is 0 Å². The molecule has 0 aliphatic carbocycles. The summed E-state index contributed by atoms with van der Waals surface area (Å²) >= 11 is 6.33. The first kappa shape index (κ1) is 20.0. The molecule has 30 heavy (non-hydrogen) atoms. The molecule has 4 rings (SSSR count). The minimum atomic E-state index is -0.797. The molecular weight excluding hydrogens is 414 g/mol. The number of amides is 1. The number of hydrogen-bond donors (Lipinski definition) is 0. The Morgan fingerprint density at radius 3 is 2.23 bits per heavy atom. The standard InChI is InChI=1S/C21H17ClF2N4O2/c22-19-18(13-25-28(21(19)30)17-4-2-1-3-5-17)26-6-8-27(9-7-26)20(29)14-10-15(23)12-16(24)11-14/h1-5,10-13H,6-9H2. The first-order valence-electron chi connectivity index (χ1n) is 9.27. The number of halogens is 3. The quantitative estimate of drug-likeness (QED) is 0.640. The van der Waals surface area contributed by atoms with Crippen LogP contribution in [0.15, 0.2) is 59.5 Å². The second-order valence-corrected chi connectivity index (χ2v) is 7.21. The molecule has 0 saturated carbocycles. The average molecular weight is 431 g/mol. The monoisotopic (exact) mass is 430 g/mol. The fraction of sp³-hybridized carbons (Fsp3) is 0.190. The zero-order valence-corrected chi connectivity index (χ0v) is 16.5. The van der Waals surface area contributed by atoms with Crippen LogP contribution in [-0.4, -0.2) is 46.8 Å². The SMILES string of the molecule is O=C(c1cc(F)cc(F)c1)N1CCN(c2cnn(-c3ccccc3)c(=O)c2Cl)CC1. The summed E-state index contributed by atoms with van der Waals surface area (Å²) in [5.41, 5.74) is 0.617. The Morgan fingerprint density at radius 1 is 0.967 bits per heavy atom. The van der Waals surface area contributed by atoms with Gasteiger partial charge in [0.05, 0.1) is 17.6 Å². The molecule has 1 amide bonds. The Bertz CT molecular complexity index is 1130. The average Bonchev–Trinajstić information content (AvgIpc) is 2.75. The Balaban J connectivity index is 1.50. The van der Waals surface area contributed by atoms with E-state index in [1.165, 1.54) is 15.8 Å². The predicted octanol–water partition coefficient (Wildman–Crippen LogP) is 3.13. The van der Waals surface area contributed by atoms with Gasteiger partial charge >= 0.3 is 0 Å². The highest BCUT2D eigenvalue weighted by Crippen LogP contribution is 2.23. The van der Waals surface area contributed by atoms with Crippen molar-refractivity contribution in [1.82, 2.24) is 14.7 Å². The van der Waals surface area contributed by atoms with Crippen LogP contribution in [0.25, 0.3) is 5.69 Å². The van der Waals surface area contributed by atoms with Crippen LogP contribution in [0.4, 0.5) is 14.5 Å². The molecule has 1 saturated heterocycles. The fourth-order valence-corrected chi connectivity index (χ4v) is 3.66. The van der Waals surface area contributed by atoms with E-state index in [9.17, 15) is 18.4 Å². The zero-order chi connectivity index (χ0) is 21.3. The Morgan fingerprint density at radius 2 is 1.60 bits per heavy atom. The summed E-state index contributed by atoms with van der Waals surface area (Å²) in [6.07, 6.45) is 1.52. The third-order valence-corrected chi connectivity index (χ3v) is 5.27. The summed E-state index contributed by atoms with van der Waals surface area (Å²) in [5.74, 6) is -2.04. The van der Waals surface area contributed by atoms with Crippen LogP contribution in [0.3, 0.4) is 0 Å². The molecule has 154 valence electrons. The molecule has 1 aromatic heterocycles. The van der Waals surface area contributed by atoms with Gasteiger partial charge in [-0.15, -0.1) is 0 Å². The highest BCUT2D eigenvalue weighted by atomic mass is 35.5. The number of carbonyl (C=O) groups is 1. The molecule has 2 heterocycles. The summed E-state index contributed by atoms with van der Waals surface area (Å²) in [7, 11) is 0. The molecule has 1 fully saturated rings. The van der Waals surface area contributed by atoms with E-state index in [1.54, 1.807) is 24.3 Å². The second-order valence-electron chi connectivity index (χ2n) is 6.83. The second kappa shape index (κ2) is 8.23. The van der Waals surface area contributed by atoms with E-state index in [0.717, 1.165) is 18.2 Å². The molecule has 0 radical (unpaired) electrons. The number of hydrogen-bond acceptors (Lipinski definition) is 4. The van der Waals surface area contributed by atoms with Crippen molar-refractivity contribution in [1.29, 1.82) is 0 Å². The van der Waals surface area contributed by atoms with Gasteiger partial charge in [-0.3, -0.25) is 9.59 Å². The molecule has 0 bridgehead atoms. The highest BCUT2D eigenvalue weighted by molar-refractivity contribution is 6.33. The van der Waals surface area contributed by atoms with Gasteiger partial charge in [-0.1, -0.05) is 29.8 Å². The van der Waals surface area contributed by atoms with E-state index in [1.807, 2.05) is 11.0 Å². The van der Waals surface area contributed by atoms with Gasteiger partial charge in [0, 0.05) is 37.8 Å². The molecule has 0 unspecified atom stereocenters.